The molecule has 2 aliphatic rings. The van der Waals surface area contributed by atoms with Crippen molar-refractivity contribution in [3.05, 3.63) is 52.0 Å². The summed E-state index contributed by atoms with van der Waals surface area (Å²) in [7, 11) is -1.99. The van der Waals surface area contributed by atoms with Crippen molar-refractivity contribution in [3.63, 3.8) is 0 Å². The Kier molecular flexibility index (Phi) is 6.04. The van der Waals surface area contributed by atoms with Gasteiger partial charge in [0.2, 0.25) is 10.0 Å². The van der Waals surface area contributed by atoms with E-state index in [1.165, 1.54) is 23.6 Å². The monoisotopic (exact) mass is 472 g/mol. The highest BCUT2D eigenvalue weighted by Crippen LogP contribution is 2.32. The lowest BCUT2D eigenvalue weighted by molar-refractivity contribution is 0.0932. The van der Waals surface area contributed by atoms with Gasteiger partial charge in [-0.3, -0.25) is 10.1 Å². The van der Waals surface area contributed by atoms with Crippen molar-refractivity contribution in [2.24, 2.45) is 0 Å². The average molecular weight is 473 g/mol. The molecular formula is C18H22BrFN4O3S. The maximum absolute atomic E-state index is 14.8. The summed E-state index contributed by atoms with van der Waals surface area (Å²) in [5.41, 5.74) is -0.447. The molecule has 1 amide bonds. The van der Waals surface area contributed by atoms with Gasteiger partial charge < -0.3 is 5.32 Å². The molecule has 28 heavy (non-hydrogen) atoms. The van der Waals surface area contributed by atoms with Crippen molar-refractivity contribution >= 4 is 31.9 Å². The van der Waals surface area contributed by atoms with Gasteiger partial charge in [-0.25, -0.2) is 17.8 Å². The third kappa shape index (κ3) is 4.51. The second-order valence-corrected chi connectivity index (χ2v) is 10.2. The minimum Gasteiger partial charge on any atom is -0.347 e. The van der Waals surface area contributed by atoms with Crippen LogP contribution in [-0.4, -0.2) is 54.7 Å². The SMILES string of the molecule is CN1CN[C@](C)(C2=CC[C@H](NC(=O)c3ccc(Br)cn3)CC=C2F)CS1(=O)=O. The molecule has 1 aromatic heterocycles. The highest BCUT2D eigenvalue weighted by Gasteiger charge is 2.42. The Morgan fingerprint density at radius 3 is 2.75 bits per heavy atom. The van der Waals surface area contributed by atoms with E-state index in [2.05, 4.69) is 31.5 Å². The zero-order chi connectivity index (χ0) is 20.5. The Morgan fingerprint density at radius 1 is 1.39 bits per heavy atom. The summed E-state index contributed by atoms with van der Waals surface area (Å²) in [6.07, 6.45) is 5.29. The number of nitrogens with one attached hydrogen (secondary N) is 2. The number of pyridine rings is 1. The first-order chi connectivity index (χ1) is 13.1. The Balaban J connectivity index is 1.75. The molecule has 152 valence electrons. The zero-order valence-electron chi connectivity index (χ0n) is 15.6. The third-order valence-electron chi connectivity index (χ3n) is 4.97. The van der Waals surface area contributed by atoms with Crippen LogP contribution in [0.3, 0.4) is 0 Å². The number of rotatable bonds is 3. The quantitative estimate of drug-likeness (QED) is 0.702. The van der Waals surface area contributed by atoms with Crippen LogP contribution in [0.5, 0.6) is 0 Å². The smallest absolute Gasteiger partial charge is 0.270 e. The van der Waals surface area contributed by atoms with Crippen molar-refractivity contribution in [1.82, 2.24) is 19.9 Å². The number of hydrogen-bond acceptors (Lipinski definition) is 5. The van der Waals surface area contributed by atoms with Crippen LogP contribution in [0.1, 0.15) is 30.3 Å². The summed E-state index contributed by atoms with van der Waals surface area (Å²) < 4.78 is 41.3. The van der Waals surface area contributed by atoms with Gasteiger partial charge in [0.15, 0.2) is 0 Å². The lowest BCUT2D eigenvalue weighted by Crippen LogP contribution is -2.60. The third-order valence-corrected chi connectivity index (χ3v) is 7.46. The lowest BCUT2D eigenvalue weighted by atomic mass is 9.92. The van der Waals surface area contributed by atoms with E-state index in [0.717, 1.165) is 4.47 Å². The first kappa shape index (κ1) is 21.1. The van der Waals surface area contributed by atoms with Crippen molar-refractivity contribution in [2.75, 3.05) is 19.5 Å². The van der Waals surface area contributed by atoms with Crippen LogP contribution < -0.4 is 10.6 Å². The van der Waals surface area contributed by atoms with Gasteiger partial charge in [0.25, 0.3) is 5.91 Å². The fourth-order valence-electron chi connectivity index (χ4n) is 3.27. The van der Waals surface area contributed by atoms with Gasteiger partial charge in [0, 0.05) is 29.3 Å². The maximum Gasteiger partial charge on any atom is 0.270 e. The predicted molar refractivity (Wildman–Crippen MR) is 108 cm³/mol. The number of hydrogen-bond donors (Lipinski definition) is 2. The second kappa shape index (κ2) is 8.02. The van der Waals surface area contributed by atoms with Crippen LogP contribution in [0.2, 0.25) is 0 Å². The molecule has 2 heterocycles. The van der Waals surface area contributed by atoms with Gasteiger partial charge in [-0.15, -0.1) is 0 Å². The zero-order valence-corrected chi connectivity index (χ0v) is 18.0. The van der Waals surface area contributed by atoms with E-state index in [4.69, 9.17) is 0 Å². The van der Waals surface area contributed by atoms with Crippen LogP contribution in [0.15, 0.2) is 46.4 Å². The van der Waals surface area contributed by atoms with E-state index in [0.29, 0.717) is 18.4 Å². The molecule has 10 heteroatoms. The predicted octanol–water partition coefficient (Wildman–Crippen LogP) is 2.10. The minimum absolute atomic E-state index is 0.110. The summed E-state index contributed by atoms with van der Waals surface area (Å²) in [6.45, 7) is 1.79. The van der Waals surface area contributed by atoms with Gasteiger partial charge >= 0.3 is 0 Å². The molecule has 0 radical (unpaired) electrons. The van der Waals surface area contributed by atoms with Crippen molar-refractivity contribution in [3.8, 4) is 0 Å². The average Bonchev–Trinajstić information content (AvgIpc) is 2.81. The molecule has 2 atom stereocenters. The van der Waals surface area contributed by atoms with Gasteiger partial charge in [-0.1, -0.05) is 6.08 Å². The highest BCUT2D eigenvalue weighted by molar-refractivity contribution is 9.10. The summed E-state index contributed by atoms with van der Waals surface area (Å²) in [5, 5.41) is 5.97. The molecule has 1 fully saturated rings. The molecule has 7 nitrogen and oxygen atoms in total. The summed E-state index contributed by atoms with van der Waals surface area (Å²) in [4.78, 5) is 16.4. The summed E-state index contributed by atoms with van der Waals surface area (Å²) in [6, 6.07) is 3.01. The molecule has 3 rings (SSSR count). The number of carbonyl (C=O) groups excluding carboxylic acids is 1. The fourth-order valence-corrected chi connectivity index (χ4v) is 4.97. The highest BCUT2D eigenvalue weighted by atomic mass is 79.9. The molecule has 0 unspecified atom stereocenters. The lowest BCUT2D eigenvalue weighted by Gasteiger charge is -2.39. The van der Waals surface area contributed by atoms with E-state index in [9.17, 15) is 17.6 Å². The van der Waals surface area contributed by atoms with E-state index in [1.54, 1.807) is 25.1 Å². The standard InChI is InChI=1S/C18H22BrFN4O3S/c1-18(10-28(26,27)24(2)11-22-18)14-6-4-13(5-7-15(14)20)23-17(25)16-8-3-12(19)9-21-16/h3,6-9,13,22H,4-5,10-11H2,1-2H3,(H,23,25)/t13-,18-/m0/s1. The largest absolute Gasteiger partial charge is 0.347 e. The topological polar surface area (TPSA) is 91.4 Å². The van der Waals surface area contributed by atoms with E-state index in [-0.39, 0.29) is 30.1 Å². The number of sulfonamides is 1. The number of halogens is 2. The molecule has 2 N–H and O–H groups in total. The normalized spacial score (nSPS) is 28.1. The molecule has 0 saturated carbocycles. The Bertz CT molecular complexity index is 933. The molecular weight excluding hydrogens is 451 g/mol. The minimum atomic E-state index is -3.47. The van der Waals surface area contributed by atoms with Gasteiger partial charge in [0.05, 0.1) is 18.0 Å². The van der Waals surface area contributed by atoms with Crippen LogP contribution in [0, 0.1) is 0 Å². The first-order valence-corrected chi connectivity index (χ1v) is 11.2. The Morgan fingerprint density at radius 2 is 2.11 bits per heavy atom. The van der Waals surface area contributed by atoms with Crippen molar-refractivity contribution in [1.29, 1.82) is 0 Å². The van der Waals surface area contributed by atoms with Crippen LogP contribution >= 0.6 is 15.9 Å². The van der Waals surface area contributed by atoms with Crippen LogP contribution in [0.25, 0.3) is 0 Å². The Labute approximate surface area is 172 Å². The number of amides is 1. The molecule has 1 aliphatic heterocycles. The number of nitrogens with zero attached hydrogens (tertiary/aromatic N) is 2. The maximum atomic E-state index is 14.8. The molecule has 0 aromatic carbocycles. The number of aromatic nitrogens is 1. The van der Waals surface area contributed by atoms with E-state index >= 15 is 0 Å². The van der Waals surface area contributed by atoms with E-state index in [1.807, 2.05) is 0 Å². The summed E-state index contributed by atoms with van der Waals surface area (Å²) >= 11 is 3.27. The van der Waals surface area contributed by atoms with Crippen LogP contribution in [-0.2, 0) is 10.0 Å². The first-order valence-electron chi connectivity index (χ1n) is 8.79. The van der Waals surface area contributed by atoms with Gasteiger partial charge in [-0.05, 0) is 53.9 Å². The van der Waals surface area contributed by atoms with Crippen molar-refractivity contribution in [2.45, 2.75) is 31.3 Å². The molecule has 0 bridgehead atoms. The molecule has 1 aliphatic carbocycles. The molecule has 0 spiro atoms. The van der Waals surface area contributed by atoms with Gasteiger partial charge in [-0.2, -0.15) is 4.31 Å². The molecule has 1 saturated heterocycles. The van der Waals surface area contributed by atoms with Crippen molar-refractivity contribution < 1.29 is 17.6 Å². The van der Waals surface area contributed by atoms with Gasteiger partial charge in [0.1, 0.15) is 11.5 Å². The molecule has 1 aromatic rings. The second-order valence-electron chi connectivity index (χ2n) is 7.19. The number of carbonyl (C=O) groups is 1. The summed E-state index contributed by atoms with van der Waals surface area (Å²) in [5.74, 6) is -1.04. The fraction of sp³-hybridized carbons (Fsp3) is 0.444. The van der Waals surface area contributed by atoms with Crippen LogP contribution in [0.4, 0.5) is 4.39 Å². The Hall–Kier alpha value is -1.62. The van der Waals surface area contributed by atoms with E-state index < -0.39 is 21.4 Å².